The number of benzene rings is 1. The lowest BCUT2D eigenvalue weighted by atomic mass is 10.1. The summed E-state index contributed by atoms with van der Waals surface area (Å²) in [5.41, 5.74) is 1.95. The zero-order valence-electron chi connectivity index (χ0n) is 12.2. The molecule has 0 saturated heterocycles. The Morgan fingerprint density at radius 3 is 2.68 bits per heavy atom. The fraction of sp³-hybridized carbons (Fsp3) is 0.250. The van der Waals surface area contributed by atoms with Gasteiger partial charge in [0.25, 0.3) is 0 Å². The van der Waals surface area contributed by atoms with Crippen LogP contribution in [0, 0.1) is 0 Å². The highest BCUT2D eigenvalue weighted by atomic mass is 32.1. The van der Waals surface area contributed by atoms with Crippen molar-refractivity contribution >= 4 is 23.2 Å². The molecule has 0 bridgehead atoms. The third-order valence-corrected chi connectivity index (χ3v) is 4.07. The van der Waals surface area contributed by atoms with Crippen LogP contribution in [0.5, 0.6) is 0 Å². The number of amides is 1. The lowest BCUT2D eigenvalue weighted by Crippen LogP contribution is -2.24. The monoisotopic (exact) mass is 319 g/mol. The summed E-state index contributed by atoms with van der Waals surface area (Å²) in [6, 6.07) is 10.9. The van der Waals surface area contributed by atoms with Gasteiger partial charge < -0.3 is 15.2 Å². The van der Waals surface area contributed by atoms with Crippen molar-refractivity contribution in [3.05, 3.63) is 57.3 Å². The average Bonchev–Trinajstić information content (AvgIpc) is 2.95. The van der Waals surface area contributed by atoms with E-state index in [1.54, 1.807) is 19.2 Å². The van der Waals surface area contributed by atoms with Crippen LogP contribution in [0.1, 0.15) is 25.7 Å². The Bertz CT molecular complexity index is 666. The van der Waals surface area contributed by atoms with Gasteiger partial charge in [-0.1, -0.05) is 24.3 Å². The molecule has 0 radical (unpaired) electrons. The van der Waals surface area contributed by atoms with Crippen LogP contribution in [0.25, 0.3) is 0 Å². The van der Waals surface area contributed by atoms with Crippen molar-refractivity contribution in [1.29, 1.82) is 0 Å². The Labute approximate surface area is 132 Å². The number of thiophene rings is 1. The van der Waals surface area contributed by atoms with Crippen LogP contribution in [0.3, 0.4) is 0 Å². The molecule has 2 N–H and O–H groups in total. The molecule has 0 aliphatic rings. The molecule has 0 fully saturated rings. The maximum Gasteiger partial charge on any atom is 0.345 e. The summed E-state index contributed by atoms with van der Waals surface area (Å²) >= 11 is 1.17. The van der Waals surface area contributed by atoms with Crippen LogP contribution < -0.4 is 5.32 Å². The number of carbonyl (C=O) groups excluding carboxylic acids is 1. The van der Waals surface area contributed by atoms with Gasteiger partial charge in [0, 0.05) is 12.0 Å². The molecule has 0 spiro atoms. The summed E-state index contributed by atoms with van der Waals surface area (Å²) in [5.74, 6) is -1.04. The van der Waals surface area contributed by atoms with Crippen molar-refractivity contribution in [1.82, 2.24) is 5.32 Å². The third-order valence-electron chi connectivity index (χ3n) is 3.00. The van der Waals surface area contributed by atoms with E-state index >= 15 is 0 Å². The van der Waals surface area contributed by atoms with Gasteiger partial charge in [0.05, 0.1) is 19.6 Å². The fourth-order valence-corrected chi connectivity index (χ4v) is 2.80. The number of methoxy groups -OCH3 is 1. The van der Waals surface area contributed by atoms with Crippen LogP contribution in [-0.2, 0) is 29.1 Å². The Hall–Kier alpha value is -2.18. The second-order valence-corrected chi connectivity index (χ2v) is 5.95. The number of carbonyl (C=O) groups is 2. The number of carboxylic acid groups (broad SMARTS) is 1. The van der Waals surface area contributed by atoms with Crippen LogP contribution in [0.2, 0.25) is 0 Å². The van der Waals surface area contributed by atoms with E-state index in [0.717, 1.165) is 16.0 Å². The molecule has 0 aliphatic heterocycles. The summed E-state index contributed by atoms with van der Waals surface area (Å²) < 4.78 is 5.07. The fourth-order valence-electron chi connectivity index (χ4n) is 2.02. The van der Waals surface area contributed by atoms with E-state index in [1.165, 1.54) is 11.3 Å². The molecule has 1 heterocycles. The number of aromatic carboxylic acids is 1. The summed E-state index contributed by atoms with van der Waals surface area (Å²) in [6.07, 6.45) is 0.286. The van der Waals surface area contributed by atoms with Gasteiger partial charge in [0.1, 0.15) is 4.88 Å². The van der Waals surface area contributed by atoms with Gasteiger partial charge in [-0.25, -0.2) is 4.79 Å². The van der Waals surface area contributed by atoms with Crippen LogP contribution in [-0.4, -0.2) is 24.1 Å². The molecule has 0 atom stereocenters. The molecule has 1 aromatic carbocycles. The molecule has 2 rings (SSSR count). The molecular formula is C16H17NO4S. The van der Waals surface area contributed by atoms with E-state index in [0.29, 0.717) is 13.2 Å². The number of ether oxygens (including phenoxy) is 1. The Morgan fingerprint density at radius 1 is 1.23 bits per heavy atom. The summed E-state index contributed by atoms with van der Waals surface area (Å²) in [7, 11) is 1.63. The number of rotatable bonds is 7. The summed E-state index contributed by atoms with van der Waals surface area (Å²) in [6.45, 7) is 0.858. The summed E-state index contributed by atoms with van der Waals surface area (Å²) in [5, 5.41) is 11.7. The highest BCUT2D eigenvalue weighted by molar-refractivity contribution is 7.13. The van der Waals surface area contributed by atoms with Gasteiger partial charge in [-0.3, -0.25) is 4.79 Å². The van der Waals surface area contributed by atoms with E-state index in [9.17, 15) is 9.59 Å². The quantitative estimate of drug-likeness (QED) is 0.822. The highest BCUT2D eigenvalue weighted by Gasteiger charge is 2.08. The second kappa shape index (κ2) is 7.72. The van der Waals surface area contributed by atoms with Gasteiger partial charge in [-0.05, 0) is 23.3 Å². The van der Waals surface area contributed by atoms with Gasteiger partial charge in [-0.2, -0.15) is 0 Å². The van der Waals surface area contributed by atoms with Crippen molar-refractivity contribution in [2.24, 2.45) is 0 Å². The normalized spacial score (nSPS) is 10.4. The predicted molar refractivity (Wildman–Crippen MR) is 84.0 cm³/mol. The first-order valence-corrected chi connectivity index (χ1v) is 7.55. The van der Waals surface area contributed by atoms with Crippen molar-refractivity contribution in [3.63, 3.8) is 0 Å². The van der Waals surface area contributed by atoms with E-state index in [2.05, 4.69) is 5.32 Å². The Balaban J connectivity index is 1.87. The standard InChI is InChI=1S/C16H17NO4S/c1-21-10-12-4-2-3-11(7-12)8-15(18)17-9-13-5-6-14(22-13)16(19)20/h2-7H,8-10H2,1H3,(H,17,18)(H,19,20). The Kier molecular flexibility index (Phi) is 5.68. The predicted octanol–water partition coefficient (Wildman–Crippen LogP) is 2.45. The molecule has 1 amide bonds. The molecule has 5 nitrogen and oxygen atoms in total. The molecular weight excluding hydrogens is 302 g/mol. The minimum Gasteiger partial charge on any atom is -0.477 e. The van der Waals surface area contributed by atoms with Crippen LogP contribution >= 0.6 is 11.3 Å². The molecule has 2 aromatic rings. The van der Waals surface area contributed by atoms with E-state index < -0.39 is 5.97 Å². The molecule has 116 valence electrons. The SMILES string of the molecule is COCc1cccc(CC(=O)NCc2ccc(C(=O)O)s2)c1. The van der Waals surface area contributed by atoms with Gasteiger partial charge in [-0.15, -0.1) is 11.3 Å². The van der Waals surface area contributed by atoms with Gasteiger partial charge >= 0.3 is 5.97 Å². The van der Waals surface area contributed by atoms with Gasteiger partial charge in [0.2, 0.25) is 5.91 Å². The van der Waals surface area contributed by atoms with Crippen LogP contribution in [0.4, 0.5) is 0 Å². The van der Waals surface area contributed by atoms with Crippen LogP contribution in [0.15, 0.2) is 36.4 Å². The number of carboxylic acids is 1. The first-order chi connectivity index (χ1) is 10.6. The van der Waals surface area contributed by atoms with E-state index in [1.807, 2.05) is 24.3 Å². The van der Waals surface area contributed by atoms with Crippen molar-refractivity contribution in [2.75, 3.05) is 7.11 Å². The van der Waals surface area contributed by atoms with E-state index in [-0.39, 0.29) is 17.2 Å². The minimum absolute atomic E-state index is 0.0974. The zero-order valence-corrected chi connectivity index (χ0v) is 13.0. The second-order valence-electron chi connectivity index (χ2n) is 4.78. The number of hydrogen-bond acceptors (Lipinski definition) is 4. The topological polar surface area (TPSA) is 75.6 Å². The molecule has 0 aliphatic carbocycles. The van der Waals surface area contributed by atoms with Crippen molar-refractivity contribution < 1.29 is 19.4 Å². The van der Waals surface area contributed by atoms with E-state index in [4.69, 9.17) is 9.84 Å². The number of hydrogen-bond donors (Lipinski definition) is 2. The molecule has 0 saturated carbocycles. The van der Waals surface area contributed by atoms with Crippen molar-refractivity contribution in [2.45, 2.75) is 19.6 Å². The Morgan fingerprint density at radius 2 is 2.00 bits per heavy atom. The van der Waals surface area contributed by atoms with Crippen molar-refractivity contribution in [3.8, 4) is 0 Å². The molecule has 6 heteroatoms. The lowest BCUT2D eigenvalue weighted by molar-refractivity contribution is -0.120. The smallest absolute Gasteiger partial charge is 0.345 e. The maximum absolute atomic E-state index is 11.9. The average molecular weight is 319 g/mol. The molecule has 1 aromatic heterocycles. The highest BCUT2D eigenvalue weighted by Crippen LogP contribution is 2.16. The zero-order chi connectivity index (χ0) is 15.9. The molecule has 22 heavy (non-hydrogen) atoms. The largest absolute Gasteiger partial charge is 0.477 e. The molecule has 0 unspecified atom stereocenters. The lowest BCUT2D eigenvalue weighted by Gasteiger charge is -2.06. The minimum atomic E-state index is -0.947. The first kappa shape index (κ1) is 16.2. The third kappa shape index (κ3) is 4.68. The van der Waals surface area contributed by atoms with Gasteiger partial charge in [0.15, 0.2) is 0 Å². The first-order valence-electron chi connectivity index (χ1n) is 6.74. The summed E-state index contributed by atoms with van der Waals surface area (Å²) in [4.78, 5) is 23.8. The number of nitrogens with one attached hydrogen (secondary N) is 1. The maximum atomic E-state index is 11.9.